The van der Waals surface area contributed by atoms with E-state index in [0.717, 1.165) is 46.4 Å². The van der Waals surface area contributed by atoms with Gasteiger partial charge in [0.15, 0.2) is 0 Å². The molecule has 6 nitrogen and oxygen atoms in total. The highest BCUT2D eigenvalue weighted by molar-refractivity contribution is 6.00. The van der Waals surface area contributed by atoms with Gasteiger partial charge in [-0.2, -0.15) is 5.10 Å². The molecule has 0 fully saturated rings. The molecule has 0 amide bonds. The number of ether oxygens (including phenoxy) is 2. The molecule has 0 aliphatic carbocycles. The number of carbonyl (C=O) groups is 1. The molecule has 2 aromatic heterocycles. The van der Waals surface area contributed by atoms with Crippen LogP contribution < -0.4 is 4.74 Å². The Morgan fingerprint density at radius 3 is 2.65 bits per heavy atom. The van der Waals surface area contributed by atoms with Crippen LogP contribution in [0.25, 0.3) is 27.8 Å². The minimum absolute atomic E-state index is 0.107. The maximum atomic E-state index is 14.1. The second-order valence-corrected chi connectivity index (χ2v) is 8.72. The van der Waals surface area contributed by atoms with Crippen molar-refractivity contribution in [2.24, 2.45) is 0 Å². The van der Waals surface area contributed by atoms with Crippen molar-refractivity contribution in [2.75, 3.05) is 13.7 Å². The number of rotatable bonds is 8. The Labute approximate surface area is 198 Å². The van der Waals surface area contributed by atoms with Crippen molar-refractivity contribution in [1.82, 2.24) is 14.8 Å². The van der Waals surface area contributed by atoms with Gasteiger partial charge in [-0.15, -0.1) is 0 Å². The van der Waals surface area contributed by atoms with Gasteiger partial charge in [0, 0.05) is 22.3 Å². The first kappa shape index (κ1) is 23.5. The van der Waals surface area contributed by atoms with Crippen molar-refractivity contribution in [1.29, 1.82) is 0 Å². The van der Waals surface area contributed by atoms with E-state index in [1.54, 1.807) is 19.1 Å². The standard InChI is InChI=1S/C27H30FN3O3/c1-6-7-12-34-19-9-11-24-20(14-19)25(22-15-23(30-29-22)27(32)33-5)26(16(2)3)31(24)18-8-10-21(28)17(4)13-18/h8-11,13-16H,6-7,12H2,1-5H3,(H,29,30). The summed E-state index contributed by atoms with van der Waals surface area (Å²) < 4.78 is 27.1. The van der Waals surface area contributed by atoms with E-state index in [0.29, 0.717) is 17.9 Å². The van der Waals surface area contributed by atoms with Crippen molar-refractivity contribution in [3.05, 3.63) is 65.2 Å². The van der Waals surface area contributed by atoms with E-state index < -0.39 is 5.97 Å². The van der Waals surface area contributed by atoms with E-state index in [1.165, 1.54) is 13.2 Å². The number of carbonyl (C=O) groups excluding carboxylic acids is 1. The van der Waals surface area contributed by atoms with Crippen LogP contribution in [0.4, 0.5) is 4.39 Å². The summed E-state index contributed by atoms with van der Waals surface area (Å²) >= 11 is 0. The van der Waals surface area contributed by atoms with Gasteiger partial charge in [-0.3, -0.25) is 5.10 Å². The van der Waals surface area contributed by atoms with Gasteiger partial charge in [0.1, 0.15) is 17.3 Å². The average molecular weight is 464 g/mol. The monoisotopic (exact) mass is 463 g/mol. The Morgan fingerprint density at radius 2 is 1.97 bits per heavy atom. The van der Waals surface area contributed by atoms with Gasteiger partial charge in [-0.25, -0.2) is 9.18 Å². The van der Waals surface area contributed by atoms with E-state index in [2.05, 4.69) is 35.5 Å². The lowest BCUT2D eigenvalue weighted by Crippen LogP contribution is -2.04. The smallest absolute Gasteiger partial charge is 0.356 e. The first-order valence-electron chi connectivity index (χ1n) is 11.6. The van der Waals surface area contributed by atoms with Crippen molar-refractivity contribution in [3.63, 3.8) is 0 Å². The van der Waals surface area contributed by atoms with Crippen LogP contribution in [0.15, 0.2) is 42.5 Å². The molecule has 0 aliphatic rings. The van der Waals surface area contributed by atoms with E-state index in [9.17, 15) is 9.18 Å². The summed E-state index contributed by atoms with van der Waals surface area (Å²) in [5.74, 6) is 0.156. The molecule has 4 aromatic rings. The predicted molar refractivity (Wildman–Crippen MR) is 131 cm³/mol. The number of esters is 1. The van der Waals surface area contributed by atoms with Crippen LogP contribution >= 0.6 is 0 Å². The van der Waals surface area contributed by atoms with Crippen molar-refractivity contribution >= 4 is 16.9 Å². The van der Waals surface area contributed by atoms with E-state index in [1.807, 2.05) is 24.3 Å². The second-order valence-electron chi connectivity index (χ2n) is 8.72. The number of benzene rings is 2. The van der Waals surface area contributed by atoms with Crippen LogP contribution in [-0.2, 0) is 4.74 Å². The molecule has 0 spiro atoms. The summed E-state index contributed by atoms with van der Waals surface area (Å²) in [6, 6.07) is 12.8. The molecule has 0 saturated heterocycles. The van der Waals surface area contributed by atoms with Crippen molar-refractivity contribution in [2.45, 2.75) is 46.5 Å². The molecule has 0 bridgehead atoms. The normalized spacial score (nSPS) is 11.4. The first-order valence-corrected chi connectivity index (χ1v) is 11.6. The highest BCUT2D eigenvalue weighted by Crippen LogP contribution is 2.41. The third-order valence-corrected chi connectivity index (χ3v) is 5.93. The lowest BCUT2D eigenvalue weighted by molar-refractivity contribution is 0.0594. The number of H-pyrrole nitrogens is 1. The van der Waals surface area contributed by atoms with Crippen LogP contribution in [0, 0.1) is 12.7 Å². The maximum absolute atomic E-state index is 14.1. The fraction of sp³-hybridized carbons (Fsp3) is 0.333. The summed E-state index contributed by atoms with van der Waals surface area (Å²) in [6.07, 6.45) is 2.02. The molecule has 34 heavy (non-hydrogen) atoms. The molecule has 2 heterocycles. The van der Waals surface area contributed by atoms with Crippen molar-refractivity contribution < 1.29 is 18.7 Å². The molecule has 1 N–H and O–H groups in total. The zero-order valence-corrected chi connectivity index (χ0v) is 20.2. The molecule has 0 unspecified atom stereocenters. The average Bonchev–Trinajstić information content (AvgIpc) is 3.43. The van der Waals surface area contributed by atoms with E-state index >= 15 is 0 Å². The molecule has 0 atom stereocenters. The predicted octanol–water partition coefficient (Wildman–Crippen LogP) is 6.56. The molecule has 0 aliphatic heterocycles. The highest BCUT2D eigenvalue weighted by Gasteiger charge is 2.25. The number of aromatic amines is 1. The topological polar surface area (TPSA) is 69.1 Å². The number of unbranched alkanes of at least 4 members (excludes halogenated alkanes) is 1. The molecule has 7 heteroatoms. The number of aromatic nitrogens is 3. The number of hydrogen-bond donors (Lipinski definition) is 1. The number of halogens is 1. The Bertz CT molecular complexity index is 1340. The lowest BCUT2D eigenvalue weighted by Gasteiger charge is -2.16. The minimum atomic E-state index is -0.480. The summed E-state index contributed by atoms with van der Waals surface area (Å²) in [7, 11) is 1.34. The molecule has 0 saturated carbocycles. The maximum Gasteiger partial charge on any atom is 0.356 e. The van der Waals surface area contributed by atoms with Gasteiger partial charge < -0.3 is 14.0 Å². The summed E-state index contributed by atoms with van der Waals surface area (Å²) in [5.41, 5.74) is 5.22. The lowest BCUT2D eigenvalue weighted by atomic mass is 10.0. The molecular formula is C27H30FN3O3. The van der Waals surface area contributed by atoms with Gasteiger partial charge >= 0.3 is 5.97 Å². The molecule has 2 aromatic carbocycles. The number of fused-ring (bicyclic) bond motifs is 1. The van der Waals surface area contributed by atoms with Crippen molar-refractivity contribution in [3.8, 4) is 22.7 Å². The molecular weight excluding hydrogens is 433 g/mol. The number of nitrogens with one attached hydrogen (secondary N) is 1. The Kier molecular flexibility index (Phi) is 6.72. The molecule has 4 rings (SSSR count). The summed E-state index contributed by atoms with van der Waals surface area (Å²) in [4.78, 5) is 12.1. The largest absolute Gasteiger partial charge is 0.494 e. The summed E-state index contributed by atoms with van der Waals surface area (Å²) in [6.45, 7) is 8.74. The highest BCUT2D eigenvalue weighted by atomic mass is 19.1. The SMILES string of the molecule is CCCCOc1ccc2c(c1)c(-c1cc(C(=O)OC)[nH]n1)c(C(C)C)n2-c1ccc(F)c(C)c1. The quantitative estimate of drug-likeness (QED) is 0.237. The minimum Gasteiger partial charge on any atom is -0.494 e. The van der Waals surface area contributed by atoms with Crippen LogP contribution in [0.1, 0.15) is 61.3 Å². The number of nitrogens with zero attached hydrogens (tertiary/aromatic N) is 2. The van der Waals surface area contributed by atoms with Gasteiger partial charge in [0.05, 0.1) is 24.9 Å². The Hall–Kier alpha value is -3.61. The Balaban J connectivity index is 2.00. The number of hydrogen-bond acceptors (Lipinski definition) is 4. The number of aryl methyl sites for hydroxylation is 1. The third-order valence-electron chi connectivity index (χ3n) is 5.93. The number of methoxy groups -OCH3 is 1. The molecule has 178 valence electrons. The van der Waals surface area contributed by atoms with Crippen LogP contribution in [0.2, 0.25) is 0 Å². The zero-order valence-electron chi connectivity index (χ0n) is 20.2. The second kappa shape index (κ2) is 9.71. The van der Waals surface area contributed by atoms with E-state index in [-0.39, 0.29) is 17.4 Å². The fourth-order valence-electron chi connectivity index (χ4n) is 4.24. The van der Waals surface area contributed by atoms with E-state index in [4.69, 9.17) is 9.47 Å². The fourth-order valence-corrected chi connectivity index (χ4v) is 4.24. The molecule has 0 radical (unpaired) electrons. The first-order chi connectivity index (χ1) is 16.3. The van der Waals surface area contributed by atoms with Crippen LogP contribution in [0.5, 0.6) is 5.75 Å². The Morgan fingerprint density at radius 1 is 1.18 bits per heavy atom. The summed E-state index contributed by atoms with van der Waals surface area (Å²) in [5, 5.41) is 8.19. The van der Waals surface area contributed by atoms with Crippen LogP contribution in [-0.4, -0.2) is 34.5 Å². The van der Waals surface area contributed by atoms with Gasteiger partial charge in [-0.1, -0.05) is 27.2 Å². The van der Waals surface area contributed by atoms with Gasteiger partial charge in [-0.05, 0) is 67.3 Å². The van der Waals surface area contributed by atoms with Crippen LogP contribution in [0.3, 0.4) is 0 Å². The zero-order chi connectivity index (χ0) is 24.4. The third kappa shape index (κ3) is 4.30. The van der Waals surface area contributed by atoms with Gasteiger partial charge in [0.2, 0.25) is 0 Å². The van der Waals surface area contributed by atoms with Gasteiger partial charge in [0.25, 0.3) is 0 Å².